The summed E-state index contributed by atoms with van der Waals surface area (Å²) < 4.78 is 3.10. The van der Waals surface area contributed by atoms with Crippen LogP contribution in [0.1, 0.15) is 34.0 Å². The summed E-state index contributed by atoms with van der Waals surface area (Å²) in [5, 5.41) is 11.9. The van der Waals surface area contributed by atoms with Gasteiger partial charge in [-0.3, -0.25) is 9.36 Å². The van der Waals surface area contributed by atoms with Gasteiger partial charge < -0.3 is 5.11 Å². The highest BCUT2D eigenvalue weighted by Gasteiger charge is 2.32. The van der Waals surface area contributed by atoms with Crippen LogP contribution in [-0.4, -0.2) is 9.67 Å². The van der Waals surface area contributed by atoms with Crippen molar-refractivity contribution in [2.24, 2.45) is 4.99 Å². The summed E-state index contributed by atoms with van der Waals surface area (Å²) in [5.74, 6) is 0.174. The van der Waals surface area contributed by atoms with E-state index in [1.165, 1.54) is 28.0 Å². The molecule has 2 aliphatic rings. The fourth-order valence-corrected chi connectivity index (χ4v) is 6.73. The molecule has 1 N–H and O–H groups in total. The molecular weight excluding hydrogens is 504 g/mol. The van der Waals surface area contributed by atoms with Crippen molar-refractivity contribution in [1.82, 2.24) is 4.57 Å². The van der Waals surface area contributed by atoms with Gasteiger partial charge in [-0.15, -0.1) is 11.3 Å². The first-order valence-corrected chi connectivity index (χ1v) is 12.7. The average Bonchev–Trinajstić information content (AvgIpc) is 3.44. The number of thiazole rings is 1. The molecule has 6 rings (SSSR count). The minimum atomic E-state index is -0.122. The van der Waals surface area contributed by atoms with Crippen LogP contribution in [0.4, 0.5) is 0 Å². The number of hydrogen-bond donors (Lipinski definition) is 1. The zero-order chi connectivity index (χ0) is 21.8. The standard InChI is InChI=1S/C25H17BrN2O2S2/c26-18-12-14(7-10-19(18)29)13-21-24(30)28-23(20-6-3-11-31-20)17-9-8-15-4-1-2-5-16(15)22(17)27-25(28)32-21/h1-7,10-13,23,29H,8-9H2/b21-13-/t23-/m0/s1. The largest absolute Gasteiger partial charge is 0.507 e. The molecule has 0 saturated carbocycles. The molecule has 32 heavy (non-hydrogen) atoms. The fraction of sp³-hybridized carbons (Fsp3) is 0.120. The van der Waals surface area contributed by atoms with Crippen molar-refractivity contribution < 1.29 is 5.11 Å². The van der Waals surface area contributed by atoms with Gasteiger partial charge in [0.2, 0.25) is 0 Å². The quantitative estimate of drug-likeness (QED) is 0.410. The Balaban J connectivity index is 1.61. The van der Waals surface area contributed by atoms with E-state index in [0.717, 1.165) is 33.8 Å². The third kappa shape index (κ3) is 3.15. The highest BCUT2D eigenvalue weighted by Crippen LogP contribution is 2.42. The molecule has 1 atom stereocenters. The van der Waals surface area contributed by atoms with Gasteiger partial charge in [0.05, 0.1) is 20.7 Å². The number of hydrogen-bond acceptors (Lipinski definition) is 5. The smallest absolute Gasteiger partial charge is 0.271 e. The molecule has 4 nitrogen and oxygen atoms in total. The van der Waals surface area contributed by atoms with Crippen molar-refractivity contribution in [2.75, 3.05) is 0 Å². The van der Waals surface area contributed by atoms with Gasteiger partial charge in [-0.2, -0.15) is 0 Å². The number of aromatic nitrogens is 1. The molecule has 0 bridgehead atoms. The van der Waals surface area contributed by atoms with Gasteiger partial charge in [0, 0.05) is 10.4 Å². The van der Waals surface area contributed by atoms with E-state index in [0.29, 0.717) is 9.01 Å². The van der Waals surface area contributed by atoms with Crippen LogP contribution in [0.25, 0.3) is 11.8 Å². The molecule has 0 saturated heterocycles. The number of phenolic OH excluding ortho intramolecular Hbond substituents is 1. The van der Waals surface area contributed by atoms with E-state index in [9.17, 15) is 9.90 Å². The van der Waals surface area contributed by atoms with Crippen LogP contribution in [-0.2, 0) is 6.42 Å². The number of allylic oxidation sites excluding steroid dienone is 1. The number of fused-ring (bicyclic) bond motifs is 3. The van der Waals surface area contributed by atoms with E-state index in [1.807, 2.05) is 22.8 Å². The van der Waals surface area contributed by atoms with Crippen LogP contribution < -0.4 is 14.9 Å². The number of phenols is 1. The van der Waals surface area contributed by atoms with Gasteiger partial charge >= 0.3 is 0 Å². The Kier molecular flexibility index (Phi) is 4.78. The Labute approximate surface area is 200 Å². The van der Waals surface area contributed by atoms with Crippen molar-refractivity contribution in [3.05, 3.63) is 111 Å². The number of halogens is 1. The van der Waals surface area contributed by atoms with Crippen molar-refractivity contribution in [2.45, 2.75) is 18.9 Å². The lowest BCUT2D eigenvalue weighted by atomic mass is 9.85. The van der Waals surface area contributed by atoms with E-state index in [-0.39, 0.29) is 17.4 Å². The first kappa shape index (κ1) is 19.9. The summed E-state index contributed by atoms with van der Waals surface area (Å²) in [5.41, 5.74) is 5.55. The molecule has 7 heteroatoms. The topological polar surface area (TPSA) is 54.6 Å². The lowest BCUT2D eigenvalue weighted by Crippen LogP contribution is -2.38. The third-order valence-corrected chi connectivity index (χ3v) is 8.50. The Morgan fingerprint density at radius 1 is 1.12 bits per heavy atom. The number of aryl methyl sites for hydroxylation is 1. The lowest BCUT2D eigenvalue weighted by Gasteiger charge is -2.30. The average molecular weight is 521 g/mol. The molecule has 0 amide bonds. The fourth-order valence-electron chi connectivity index (χ4n) is 4.48. The Bertz CT molecular complexity index is 1580. The molecule has 0 fully saturated rings. The molecule has 0 unspecified atom stereocenters. The van der Waals surface area contributed by atoms with E-state index in [4.69, 9.17) is 4.99 Å². The van der Waals surface area contributed by atoms with Crippen molar-refractivity contribution in [3.63, 3.8) is 0 Å². The second kappa shape index (κ2) is 7.69. The van der Waals surface area contributed by atoms with Crippen molar-refractivity contribution in [1.29, 1.82) is 0 Å². The second-order valence-electron chi connectivity index (χ2n) is 7.84. The molecular formula is C25H17BrN2O2S2. The molecule has 0 radical (unpaired) electrons. The molecule has 0 spiro atoms. The molecule has 2 aromatic heterocycles. The van der Waals surface area contributed by atoms with Crippen molar-refractivity contribution in [3.8, 4) is 5.75 Å². The summed E-state index contributed by atoms with van der Waals surface area (Å²) in [6.07, 6.45) is 3.72. The summed E-state index contributed by atoms with van der Waals surface area (Å²) >= 11 is 6.45. The number of thiophene rings is 1. The lowest BCUT2D eigenvalue weighted by molar-refractivity contribution is 0.472. The van der Waals surface area contributed by atoms with E-state index >= 15 is 0 Å². The zero-order valence-corrected chi connectivity index (χ0v) is 20.0. The van der Waals surface area contributed by atoms with Crippen LogP contribution in [0.15, 0.2) is 79.8 Å². The first-order valence-electron chi connectivity index (χ1n) is 10.2. The van der Waals surface area contributed by atoms with Crippen molar-refractivity contribution >= 4 is 50.4 Å². The molecule has 2 aromatic carbocycles. The molecule has 3 heterocycles. The molecule has 1 aliphatic heterocycles. The Hall–Kier alpha value is -2.74. The normalized spacial score (nSPS) is 17.5. The Morgan fingerprint density at radius 2 is 2.00 bits per heavy atom. The van der Waals surface area contributed by atoms with Crippen LogP contribution in [0.2, 0.25) is 0 Å². The number of nitrogens with zero attached hydrogens (tertiary/aromatic N) is 2. The number of benzene rings is 2. The maximum absolute atomic E-state index is 13.6. The molecule has 158 valence electrons. The predicted octanol–water partition coefficient (Wildman–Crippen LogP) is 4.85. The van der Waals surface area contributed by atoms with E-state index in [1.54, 1.807) is 23.5 Å². The second-order valence-corrected chi connectivity index (χ2v) is 10.7. The van der Waals surface area contributed by atoms with Gasteiger partial charge in [-0.25, -0.2) is 4.99 Å². The van der Waals surface area contributed by atoms with Crippen LogP contribution in [0, 0.1) is 0 Å². The summed E-state index contributed by atoms with van der Waals surface area (Å²) in [7, 11) is 0. The highest BCUT2D eigenvalue weighted by atomic mass is 79.9. The number of rotatable bonds is 2. The zero-order valence-electron chi connectivity index (χ0n) is 16.8. The third-order valence-electron chi connectivity index (χ3n) is 5.96. The van der Waals surface area contributed by atoms with E-state index < -0.39 is 0 Å². The highest BCUT2D eigenvalue weighted by molar-refractivity contribution is 9.10. The Morgan fingerprint density at radius 3 is 2.81 bits per heavy atom. The minimum absolute atomic E-state index is 0.0262. The SMILES string of the molecule is O=c1/c(=C/c2ccc(O)c(Br)c2)sc2n1[C@H](c1cccs1)C1=C(N=2)c2ccccc2CC1. The monoisotopic (exact) mass is 520 g/mol. The van der Waals surface area contributed by atoms with Crippen LogP contribution in [0.5, 0.6) is 5.75 Å². The predicted molar refractivity (Wildman–Crippen MR) is 133 cm³/mol. The molecule has 4 aromatic rings. The number of aromatic hydroxyl groups is 1. The summed E-state index contributed by atoms with van der Waals surface area (Å²) in [6.45, 7) is 0. The van der Waals surface area contributed by atoms with Crippen LogP contribution >= 0.6 is 38.6 Å². The minimum Gasteiger partial charge on any atom is -0.507 e. The van der Waals surface area contributed by atoms with Gasteiger partial charge in [0.25, 0.3) is 5.56 Å². The van der Waals surface area contributed by atoms with E-state index in [2.05, 4.69) is 51.6 Å². The van der Waals surface area contributed by atoms with Gasteiger partial charge in [-0.1, -0.05) is 47.7 Å². The van der Waals surface area contributed by atoms with Crippen LogP contribution in [0.3, 0.4) is 0 Å². The van der Waals surface area contributed by atoms with Gasteiger partial charge in [0.1, 0.15) is 5.75 Å². The first-order chi connectivity index (χ1) is 15.6. The molecule has 1 aliphatic carbocycles. The summed E-state index contributed by atoms with van der Waals surface area (Å²) in [4.78, 5) is 20.5. The van der Waals surface area contributed by atoms with Gasteiger partial charge in [0.15, 0.2) is 4.80 Å². The maximum atomic E-state index is 13.6. The maximum Gasteiger partial charge on any atom is 0.271 e. The van der Waals surface area contributed by atoms with Gasteiger partial charge in [-0.05, 0) is 75.1 Å². The summed E-state index contributed by atoms with van der Waals surface area (Å²) in [6, 6.07) is 17.7.